The fourth-order valence-corrected chi connectivity index (χ4v) is 4.04. The highest BCUT2D eigenvalue weighted by Crippen LogP contribution is 2.12. The monoisotopic (exact) mass is 448 g/mol. The zero-order valence-corrected chi connectivity index (χ0v) is 21.9. The van der Waals surface area contributed by atoms with Gasteiger partial charge in [0.1, 0.15) is 0 Å². The van der Waals surface area contributed by atoms with E-state index in [4.69, 9.17) is 4.74 Å². The lowest BCUT2D eigenvalue weighted by molar-refractivity contribution is -0.143. The number of hydrogen-bond acceptors (Lipinski definition) is 2. The van der Waals surface area contributed by atoms with Gasteiger partial charge in [0, 0.05) is 6.42 Å². The second kappa shape index (κ2) is 28.0. The molecular formula is C30H56O2. The molecule has 0 aromatic heterocycles. The Hall–Kier alpha value is -1.05. The Bertz CT molecular complexity index is 425. The predicted molar refractivity (Wildman–Crippen MR) is 142 cm³/mol. The molecule has 0 unspecified atom stereocenters. The number of rotatable bonds is 25. The summed E-state index contributed by atoms with van der Waals surface area (Å²) >= 11 is 0. The number of allylic oxidation sites excluding steroid dienone is 4. The van der Waals surface area contributed by atoms with Gasteiger partial charge in [-0.1, -0.05) is 108 Å². The van der Waals surface area contributed by atoms with E-state index in [0.29, 0.717) is 13.0 Å². The van der Waals surface area contributed by atoms with Gasteiger partial charge in [-0.2, -0.15) is 0 Å². The molecule has 2 heteroatoms. The Balaban J connectivity index is 3.17. The first-order valence-corrected chi connectivity index (χ1v) is 14.3. The largest absolute Gasteiger partial charge is 0.466 e. The molecular weight excluding hydrogens is 392 g/mol. The third kappa shape index (κ3) is 27.0. The van der Waals surface area contributed by atoms with Gasteiger partial charge < -0.3 is 4.74 Å². The Morgan fingerprint density at radius 3 is 1.22 bits per heavy atom. The lowest BCUT2D eigenvalue weighted by atomic mass is 10.1. The van der Waals surface area contributed by atoms with Crippen LogP contribution in [0.5, 0.6) is 0 Å². The van der Waals surface area contributed by atoms with Gasteiger partial charge in [0.2, 0.25) is 0 Å². The van der Waals surface area contributed by atoms with Crippen molar-refractivity contribution in [1.82, 2.24) is 0 Å². The fraction of sp³-hybridized carbons (Fsp3) is 0.833. The van der Waals surface area contributed by atoms with Crippen molar-refractivity contribution in [1.29, 1.82) is 0 Å². The Morgan fingerprint density at radius 2 is 0.844 bits per heavy atom. The molecule has 0 aromatic rings. The Labute approximate surface area is 201 Å². The average molecular weight is 449 g/mol. The molecule has 0 aromatic carbocycles. The number of hydrogen-bond donors (Lipinski definition) is 0. The van der Waals surface area contributed by atoms with Crippen LogP contribution in [-0.2, 0) is 9.53 Å². The van der Waals surface area contributed by atoms with E-state index in [1.54, 1.807) is 0 Å². The molecule has 2 nitrogen and oxygen atoms in total. The summed E-state index contributed by atoms with van der Waals surface area (Å²) < 4.78 is 4.95. The molecule has 32 heavy (non-hydrogen) atoms. The third-order valence-corrected chi connectivity index (χ3v) is 6.11. The summed E-state index contributed by atoms with van der Waals surface area (Å²) in [6.45, 7) is 4.65. The maximum Gasteiger partial charge on any atom is 0.305 e. The molecule has 0 N–H and O–H groups in total. The third-order valence-electron chi connectivity index (χ3n) is 6.11. The number of carbonyl (C=O) groups excluding carboxylic acids is 1. The highest BCUT2D eigenvalue weighted by atomic mass is 16.5. The number of unbranched alkanes of at least 4 members (excludes halogenated alkanes) is 18. The molecule has 0 saturated heterocycles. The molecule has 0 amide bonds. The first-order chi connectivity index (χ1) is 15.8. The summed E-state index contributed by atoms with van der Waals surface area (Å²) in [4.78, 5) is 11.2. The van der Waals surface area contributed by atoms with Crippen LogP contribution >= 0.6 is 0 Å². The van der Waals surface area contributed by atoms with Crippen LogP contribution < -0.4 is 0 Å². The van der Waals surface area contributed by atoms with Crippen LogP contribution in [0.4, 0.5) is 0 Å². The summed E-state index contributed by atoms with van der Waals surface area (Å²) in [7, 11) is 0. The van der Waals surface area contributed by atoms with E-state index >= 15 is 0 Å². The van der Waals surface area contributed by atoms with E-state index in [1.807, 2.05) is 6.92 Å². The maximum absolute atomic E-state index is 11.2. The van der Waals surface area contributed by atoms with Crippen molar-refractivity contribution in [2.24, 2.45) is 0 Å². The van der Waals surface area contributed by atoms with Crippen LogP contribution in [0.15, 0.2) is 24.3 Å². The van der Waals surface area contributed by atoms with Crippen molar-refractivity contribution in [2.75, 3.05) is 6.61 Å². The van der Waals surface area contributed by atoms with E-state index in [1.165, 1.54) is 122 Å². The molecule has 0 atom stereocenters. The van der Waals surface area contributed by atoms with Crippen molar-refractivity contribution >= 4 is 5.97 Å². The minimum atomic E-state index is -0.0381. The first kappa shape index (κ1) is 30.9. The standard InChI is InChI=1S/C30H56O2/c1-3-5-6-7-8-9-10-11-12-13-14-15-16-17-18-19-20-21-22-23-24-25-26-27-28-29-30(31)32-4-2/h11-12,20-21H,3-10,13-19,22-29H2,1-2H3/b12-11-,21-20+. The SMILES string of the molecule is CCCCCCCC/C=C\CCCCCCC/C=C/CCCCCCCCC(=O)OCC. The van der Waals surface area contributed by atoms with Crippen LogP contribution in [-0.4, -0.2) is 12.6 Å². The van der Waals surface area contributed by atoms with Crippen molar-refractivity contribution in [2.45, 2.75) is 155 Å². The first-order valence-electron chi connectivity index (χ1n) is 14.3. The summed E-state index contributed by atoms with van der Waals surface area (Å²) in [6, 6.07) is 0. The normalized spacial score (nSPS) is 11.7. The Kier molecular flexibility index (Phi) is 27.1. The molecule has 0 fully saturated rings. The van der Waals surface area contributed by atoms with Gasteiger partial charge in [0.05, 0.1) is 6.61 Å². The maximum atomic E-state index is 11.2. The number of ether oxygens (including phenoxy) is 1. The highest BCUT2D eigenvalue weighted by Gasteiger charge is 2.00. The molecule has 0 heterocycles. The van der Waals surface area contributed by atoms with Crippen LogP contribution in [0.3, 0.4) is 0 Å². The van der Waals surface area contributed by atoms with Crippen LogP contribution in [0.1, 0.15) is 155 Å². The molecule has 0 spiro atoms. The van der Waals surface area contributed by atoms with Crippen LogP contribution in [0, 0.1) is 0 Å². The summed E-state index contributed by atoms with van der Waals surface area (Å²) in [5, 5.41) is 0. The molecule has 0 aliphatic heterocycles. The topological polar surface area (TPSA) is 26.3 Å². The minimum Gasteiger partial charge on any atom is -0.466 e. The van der Waals surface area contributed by atoms with Gasteiger partial charge in [0.15, 0.2) is 0 Å². The van der Waals surface area contributed by atoms with Gasteiger partial charge in [-0.3, -0.25) is 4.79 Å². The van der Waals surface area contributed by atoms with Crippen molar-refractivity contribution in [3.05, 3.63) is 24.3 Å². The second-order valence-corrected chi connectivity index (χ2v) is 9.31. The molecule has 0 saturated carbocycles. The van der Waals surface area contributed by atoms with Crippen molar-refractivity contribution in [3.63, 3.8) is 0 Å². The van der Waals surface area contributed by atoms with Gasteiger partial charge in [-0.05, 0) is 64.7 Å². The minimum absolute atomic E-state index is 0.0381. The highest BCUT2D eigenvalue weighted by molar-refractivity contribution is 5.69. The van der Waals surface area contributed by atoms with Crippen LogP contribution in [0.25, 0.3) is 0 Å². The quantitative estimate of drug-likeness (QED) is 0.0788. The summed E-state index contributed by atoms with van der Waals surface area (Å²) in [5.41, 5.74) is 0. The van der Waals surface area contributed by atoms with E-state index in [-0.39, 0.29) is 5.97 Å². The lowest BCUT2D eigenvalue weighted by Crippen LogP contribution is -2.03. The second-order valence-electron chi connectivity index (χ2n) is 9.31. The number of esters is 1. The molecule has 0 radical (unpaired) electrons. The molecule has 0 aliphatic rings. The van der Waals surface area contributed by atoms with E-state index in [0.717, 1.165) is 12.8 Å². The predicted octanol–water partition coefficient (Wildman–Crippen LogP) is 10.3. The van der Waals surface area contributed by atoms with Crippen molar-refractivity contribution in [3.8, 4) is 0 Å². The lowest BCUT2D eigenvalue weighted by Gasteiger charge is -2.02. The molecule has 0 bridgehead atoms. The average Bonchev–Trinajstić information content (AvgIpc) is 2.79. The van der Waals surface area contributed by atoms with Crippen molar-refractivity contribution < 1.29 is 9.53 Å². The fourth-order valence-electron chi connectivity index (χ4n) is 4.04. The smallest absolute Gasteiger partial charge is 0.305 e. The zero-order chi connectivity index (χ0) is 23.4. The number of carbonyl (C=O) groups is 1. The summed E-state index contributed by atoms with van der Waals surface area (Å²) in [6.07, 6.45) is 37.9. The van der Waals surface area contributed by atoms with Gasteiger partial charge >= 0.3 is 5.97 Å². The van der Waals surface area contributed by atoms with Gasteiger partial charge in [-0.15, -0.1) is 0 Å². The molecule has 0 aliphatic carbocycles. The van der Waals surface area contributed by atoms with E-state index in [2.05, 4.69) is 31.2 Å². The zero-order valence-electron chi connectivity index (χ0n) is 21.9. The molecule has 0 rings (SSSR count). The van der Waals surface area contributed by atoms with Crippen LogP contribution in [0.2, 0.25) is 0 Å². The van der Waals surface area contributed by atoms with Gasteiger partial charge in [-0.25, -0.2) is 0 Å². The van der Waals surface area contributed by atoms with E-state index < -0.39 is 0 Å². The van der Waals surface area contributed by atoms with Gasteiger partial charge in [0.25, 0.3) is 0 Å². The Morgan fingerprint density at radius 1 is 0.500 bits per heavy atom. The van der Waals surface area contributed by atoms with E-state index in [9.17, 15) is 4.79 Å². The molecule has 188 valence electrons. The summed E-state index contributed by atoms with van der Waals surface area (Å²) in [5.74, 6) is -0.0381.